The number of nitriles is 3. The van der Waals surface area contributed by atoms with Gasteiger partial charge in [0.2, 0.25) is 0 Å². The summed E-state index contributed by atoms with van der Waals surface area (Å²) in [5.74, 6) is 0.643. The second-order valence-electron chi connectivity index (χ2n) is 4.11. The highest BCUT2D eigenvalue weighted by molar-refractivity contribution is 5.59. The van der Waals surface area contributed by atoms with Crippen LogP contribution in [0.5, 0.6) is 0 Å². The second-order valence-corrected chi connectivity index (χ2v) is 4.11. The monoisotopic (exact) mass is 290 g/mol. The third-order valence-electron chi connectivity index (χ3n) is 2.72. The lowest BCUT2D eigenvalue weighted by Crippen LogP contribution is -2.02. The topological polar surface area (TPSA) is 127 Å². The van der Waals surface area contributed by atoms with Crippen LogP contribution in [-0.2, 0) is 6.42 Å². The minimum atomic E-state index is -0.267. The Bertz CT molecular complexity index is 807. The van der Waals surface area contributed by atoms with Crippen LogP contribution in [0.4, 0.5) is 5.69 Å². The largest absolute Gasteiger partial charge is 0.345 e. The van der Waals surface area contributed by atoms with Crippen molar-refractivity contribution in [3.8, 4) is 23.9 Å². The maximum Gasteiger partial charge on any atom is 0.174 e. The minimum Gasteiger partial charge on any atom is -0.345 e. The van der Waals surface area contributed by atoms with Crippen molar-refractivity contribution in [3.05, 3.63) is 41.4 Å². The number of benzene rings is 1. The molecule has 0 saturated heterocycles. The van der Waals surface area contributed by atoms with Crippen LogP contribution in [0.3, 0.4) is 0 Å². The molecule has 0 aliphatic rings. The number of tetrazole rings is 1. The van der Waals surface area contributed by atoms with E-state index >= 15 is 0 Å². The van der Waals surface area contributed by atoms with E-state index in [0.717, 1.165) is 0 Å². The number of aryl methyl sites for hydroxylation is 1. The molecule has 2 rings (SSSR count). The minimum absolute atomic E-state index is 0.0927. The first-order valence-electron chi connectivity index (χ1n) is 6.32. The molecule has 22 heavy (non-hydrogen) atoms. The van der Waals surface area contributed by atoms with Crippen molar-refractivity contribution in [1.82, 2.24) is 20.2 Å². The number of nitrogens with one attached hydrogen (secondary N) is 1. The molecule has 1 aromatic heterocycles. The van der Waals surface area contributed by atoms with Gasteiger partial charge in [-0.25, -0.2) is 0 Å². The Morgan fingerprint density at radius 3 is 2.32 bits per heavy atom. The fourth-order valence-electron chi connectivity index (χ4n) is 1.60. The highest BCUT2D eigenvalue weighted by Gasteiger charge is 2.07. The SMILES string of the molecule is CCc1nnn(-c2ccc(NC(C#N)=C(C#N)C#N)cc2)n1. The molecule has 0 aliphatic carbocycles. The van der Waals surface area contributed by atoms with Crippen molar-refractivity contribution in [3.63, 3.8) is 0 Å². The smallest absolute Gasteiger partial charge is 0.174 e. The fourth-order valence-corrected chi connectivity index (χ4v) is 1.60. The maximum atomic E-state index is 8.98. The van der Waals surface area contributed by atoms with E-state index < -0.39 is 0 Å². The molecule has 106 valence electrons. The van der Waals surface area contributed by atoms with Gasteiger partial charge >= 0.3 is 0 Å². The highest BCUT2D eigenvalue weighted by atomic mass is 15.6. The molecule has 0 radical (unpaired) electrons. The van der Waals surface area contributed by atoms with Crippen LogP contribution in [0.15, 0.2) is 35.5 Å². The van der Waals surface area contributed by atoms with E-state index in [2.05, 4.69) is 20.7 Å². The van der Waals surface area contributed by atoms with Crippen LogP contribution in [0.2, 0.25) is 0 Å². The Labute approximate surface area is 126 Å². The zero-order valence-electron chi connectivity index (χ0n) is 11.6. The third-order valence-corrected chi connectivity index (χ3v) is 2.72. The molecule has 8 heteroatoms. The summed E-state index contributed by atoms with van der Waals surface area (Å²) >= 11 is 0. The molecule has 0 atom stereocenters. The van der Waals surface area contributed by atoms with E-state index in [1.807, 2.05) is 6.92 Å². The standard InChI is InChI=1S/C14H10N8/c1-2-14-19-21-22(20-14)12-5-3-11(4-6-12)18-13(9-17)10(7-15)8-16/h3-6,18H,2H2,1H3. The van der Waals surface area contributed by atoms with Crippen molar-refractivity contribution in [1.29, 1.82) is 15.8 Å². The highest BCUT2D eigenvalue weighted by Crippen LogP contribution is 2.15. The molecule has 0 amide bonds. The van der Waals surface area contributed by atoms with Crippen molar-refractivity contribution in [2.45, 2.75) is 13.3 Å². The molecule has 0 fully saturated rings. The summed E-state index contributed by atoms with van der Waals surface area (Å²) in [5.41, 5.74) is 0.919. The maximum absolute atomic E-state index is 8.98. The van der Waals surface area contributed by atoms with Crippen molar-refractivity contribution in [2.24, 2.45) is 0 Å². The summed E-state index contributed by atoms with van der Waals surface area (Å²) in [4.78, 5) is 1.40. The van der Waals surface area contributed by atoms with Gasteiger partial charge in [-0.15, -0.1) is 15.0 Å². The van der Waals surface area contributed by atoms with Gasteiger partial charge in [0.15, 0.2) is 11.4 Å². The zero-order chi connectivity index (χ0) is 15.9. The second kappa shape index (κ2) is 6.65. The Balaban J connectivity index is 2.23. The first-order chi connectivity index (χ1) is 10.7. The molecule has 1 heterocycles. The molecular formula is C14H10N8. The van der Waals surface area contributed by atoms with E-state index in [-0.39, 0.29) is 11.3 Å². The lowest BCUT2D eigenvalue weighted by molar-refractivity contribution is 0.718. The molecule has 1 N–H and O–H groups in total. The number of hydrogen-bond acceptors (Lipinski definition) is 7. The van der Waals surface area contributed by atoms with Gasteiger partial charge in [-0.3, -0.25) is 0 Å². The fraction of sp³-hybridized carbons (Fsp3) is 0.143. The third kappa shape index (κ3) is 3.06. The summed E-state index contributed by atoms with van der Waals surface area (Å²) < 4.78 is 0. The zero-order valence-corrected chi connectivity index (χ0v) is 11.6. The van der Waals surface area contributed by atoms with Gasteiger partial charge in [0.25, 0.3) is 0 Å². The van der Waals surface area contributed by atoms with Crippen LogP contribution >= 0.6 is 0 Å². The van der Waals surface area contributed by atoms with E-state index in [1.54, 1.807) is 42.5 Å². The molecule has 1 aromatic carbocycles. The number of hydrogen-bond donors (Lipinski definition) is 1. The lowest BCUT2D eigenvalue weighted by atomic mass is 10.2. The number of nitrogens with zero attached hydrogens (tertiary/aromatic N) is 7. The summed E-state index contributed by atoms with van der Waals surface area (Å²) in [7, 11) is 0. The Morgan fingerprint density at radius 2 is 1.82 bits per heavy atom. The van der Waals surface area contributed by atoms with Crippen LogP contribution in [0.1, 0.15) is 12.7 Å². The predicted molar refractivity (Wildman–Crippen MR) is 76.0 cm³/mol. The Morgan fingerprint density at radius 1 is 1.14 bits per heavy atom. The van der Waals surface area contributed by atoms with Gasteiger partial charge in [0.05, 0.1) is 5.69 Å². The molecule has 8 nitrogen and oxygen atoms in total. The molecule has 0 bridgehead atoms. The summed E-state index contributed by atoms with van der Waals surface area (Å²) in [5, 5.41) is 41.3. The van der Waals surface area contributed by atoms with E-state index in [9.17, 15) is 0 Å². The number of aromatic nitrogens is 4. The van der Waals surface area contributed by atoms with Crippen molar-refractivity contribution < 1.29 is 0 Å². The Hall–Kier alpha value is -3.70. The predicted octanol–water partition coefficient (Wildman–Crippen LogP) is 1.46. The average molecular weight is 290 g/mol. The molecule has 0 aliphatic heterocycles. The molecular weight excluding hydrogens is 280 g/mol. The van der Waals surface area contributed by atoms with Gasteiger partial charge < -0.3 is 5.32 Å². The summed E-state index contributed by atoms with van der Waals surface area (Å²) in [6.07, 6.45) is 0.695. The summed E-state index contributed by atoms with van der Waals surface area (Å²) in [6, 6.07) is 12.0. The van der Waals surface area contributed by atoms with Crippen LogP contribution in [-0.4, -0.2) is 20.2 Å². The number of rotatable bonds is 4. The quantitative estimate of drug-likeness (QED) is 0.844. The van der Waals surface area contributed by atoms with Crippen LogP contribution in [0, 0.1) is 34.0 Å². The van der Waals surface area contributed by atoms with Gasteiger partial charge in [-0.2, -0.15) is 15.8 Å². The number of allylic oxidation sites excluding steroid dienone is 2. The van der Waals surface area contributed by atoms with Gasteiger partial charge in [-0.05, 0) is 29.5 Å². The molecule has 0 spiro atoms. The van der Waals surface area contributed by atoms with Gasteiger partial charge in [0.1, 0.15) is 23.9 Å². The average Bonchev–Trinajstić information content (AvgIpc) is 3.04. The Kier molecular flexibility index (Phi) is 4.44. The first kappa shape index (κ1) is 14.7. The number of anilines is 1. The summed E-state index contributed by atoms with van der Waals surface area (Å²) in [6.45, 7) is 1.94. The van der Waals surface area contributed by atoms with Crippen LogP contribution < -0.4 is 5.32 Å². The van der Waals surface area contributed by atoms with Gasteiger partial charge in [0, 0.05) is 12.1 Å². The normalized spacial score (nSPS) is 9.18. The molecule has 2 aromatic rings. The van der Waals surface area contributed by atoms with Crippen LogP contribution in [0.25, 0.3) is 5.69 Å². The molecule has 0 unspecified atom stereocenters. The van der Waals surface area contributed by atoms with E-state index in [1.165, 1.54) is 4.80 Å². The van der Waals surface area contributed by atoms with E-state index in [0.29, 0.717) is 23.6 Å². The first-order valence-corrected chi connectivity index (χ1v) is 6.32. The van der Waals surface area contributed by atoms with Crippen molar-refractivity contribution >= 4 is 5.69 Å². The lowest BCUT2D eigenvalue weighted by Gasteiger charge is -2.05. The van der Waals surface area contributed by atoms with E-state index in [4.69, 9.17) is 15.8 Å². The van der Waals surface area contributed by atoms with Crippen molar-refractivity contribution in [2.75, 3.05) is 5.32 Å². The van der Waals surface area contributed by atoms with Gasteiger partial charge in [-0.1, -0.05) is 6.92 Å². The molecule has 0 saturated carbocycles.